The molecule has 0 bridgehead atoms. The summed E-state index contributed by atoms with van der Waals surface area (Å²) in [6.07, 6.45) is 1.78. The molecule has 0 unspecified atom stereocenters. The smallest absolute Gasteiger partial charge is 0.155 e. The molecule has 0 aliphatic heterocycles. The number of fused-ring (bicyclic) bond motifs is 1. The summed E-state index contributed by atoms with van der Waals surface area (Å²) in [5.74, 6) is 0.866. The molecule has 0 fully saturated rings. The van der Waals surface area contributed by atoms with Gasteiger partial charge in [-0.05, 0) is 12.1 Å². The Bertz CT molecular complexity index is 369. The summed E-state index contributed by atoms with van der Waals surface area (Å²) >= 11 is 1.65. The minimum atomic E-state index is 0.866. The van der Waals surface area contributed by atoms with Crippen molar-refractivity contribution in [2.75, 3.05) is 7.11 Å². The van der Waals surface area contributed by atoms with E-state index in [9.17, 15) is 0 Å². The van der Waals surface area contributed by atoms with Crippen molar-refractivity contribution >= 4 is 21.6 Å². The number of pyridine rings is 1. The van der Waals surface area contributed by atoms with Crippen LogP contribution in [-0.4, -0.2) is 12.1 Å². The fourth-order valence-electron chi connectivity index (χ4n) is 0.988. The number of aromatic nitrogens is 1. The molecular formula is C8H7NOS. The minimum absolute atomic E-state index is 0.866. The normalized spacial score (nSPS) is 10.3. The zero-order chi connectivity index (χ0) is 7.68. The lowest BCUT2D eigenvalue weighted by Gasteiger charge is -1.93. The highest BCUT2D eigenvalue weighted by Crippen LogP contribution is 2.29. The molecule has 3 heteroatoms. The Morgan fingerprint density at radius 3 is 3.27 bits per heavy atom. The predicted octanol–water partition coefficient (Wildman–Crippen LogP) is 2.30. The van der Waals surface area contributed by atoms with Gasteiger partial charge in [0.15, 0.2) is 5.75 Å². The van der Waals surface area contributed by atoms with Crippen LogP contribution in [0, 0.1) is 0 Å². The Kier molecular flexibility index (Phi) is 1.51. The summed E-state index contributed by atoms with van der Waals surface area (Å²) in [5.41, 5.74) is 0.958. The fourth-order valence-corrected chi connectivity index (χ4v) is 1.85. The van der Waals surface area contributed by atoms with E-state index < -0.39 is 0 Å². The van der Waals surface area contributed by atoms with Crippen LogP contribution in [0.1, 0.15) is 0 Å². The largest absolute Gasteiger partial charge is 0.494 e. The zero-order valence-corrected chi connectivity index (χ0v) is 6.89. The standard InChI is InChI=1S/C8H7NOS/c1-10-6-5-11-7-3-2-4-9-8(6)7/h2-5H,1H3. The van der Waals surface area contributed by atoms with Gasteiger partial charge in [-0.3, -0.25) is 4.98 Å². The van der Waals surface area contributed by atoms with Crippen molar-refractivity contribution in [1.29, 1.82) is 0 Å². The van der Waals surface area contributed by atoms with Gasteiger partial charge in [0.05, 0.1) is 11.8 Å². The topological polar surface area (TPSA) is 22.1 Å². The maximum absolute atomic E-state index is 5.12. The van der Waals surface area contributed by atoms with Gasteiger partial charge >= 0.3 is 0 Å². The number of rotatable bonds is 1. The van der Waals surface area contributed by atoms with Crippen LogP contribution in [-0.2, 0) is 0 Å². The van der Waals surface area contributed by atoms with Crippen LogP contribution < -0.4 is 4.74 Å². The molecule has 0 saturated carbocycles. The third kappa shape index (κ3) is 0.973. The van der Waals surface area contributed by atoms with Crippen molar-refractivity contribution in [3.8, 4) is 5.75 Å². The van der Waals surface area contributed by atoms with E-state index in [0.717, 1.165) is 11.3 Å². The third-order valence-corrected chi connectivity index (χ3v) is 2.43. The molecule has 0 aliphatic carbocycles. The van der Waals surface area contributed by atoms with Crippen LogP contribution in [0.3, 0.4) is 0 Å². The molecule has 0 amide bonds. The summed E-state index contributed by atoms with van der Waals surface area (Å²) in [7, 11) is 1.66. The molecule has 2 nitrogen and oxygen atoms in total. The molecule has 0 N–H and O–H groups in total. The van der Waals surface area contributed by atoms with Crippen LogP contribution in [0.2, 0.25) is 0 Å². The van der Waals surface area contributed by atoms with E-state index in [2.05, 4.69) is 4.98 Å². The van der Waals surface area contributed by atoms with Crippen molar-refractivity contribution in [2.24, 2.45) is 0 Å². The Balaban J connectivity index is 2.76. The van der Waals surface area contributed by atoms with Crippen molar-refractivity contribution in [2.45, 2.75) is 0 Å². The average Bonchev–Trinajstić information content (AvgIpc) is 2.47. The number of methoxy groups -OCH3 is 1. The summed E-state index contributed by atoms with van der Waals surface area (Å²) in [6.45, 7) is 0. The van der Waals surface area contributed by atoms with Crippen molar-refractivity contribution < 1.29 is 4.74 Å². The van der Waals surface area contributed by atoms with E-state index in [0.29, 0.717) is 0 Å². The first-order valence-electron chi connectivity index (χ1n) is 3.28. The van der Waals surface area contributed by atoms with E-state index in [4.69, 9.17) is 4.74 Å². The molecule has 0 spiro atoms. The maximum atomic E-state index is 5.12. The molecule has 2 heterocycles. The molecule has 2 aromatic rings. The molecule has 0 aliphatic rings. The number of ether oxygens (including phenoxy) is 1. The van der Waals surface area contributed by atoms with Crippen LogP contribution in [0.15, 0.2) is 23.7 Å². The van der Waals surface area contributed by atoms with Gasteiger partial charge in [0.1, 0.15) is 5.52 Å². The second-order valence-electron chi connectivity index (χ2n) is 2.15. The van der Waals surface area contributed by atoms with Crippen LogP contribution in [0.25, 0.3) is 10.2 Å². The zero-order valence-electron chi connectivity index (χ0n) is 6.07. The second-order valence-corrected chi connectivity index (χ2v) is 3.07. The van der Waals surface area contributed by atoms with Gasteiger partial charge in [0.25, 0.3) is 0 Å². The van der Waals surface area contributed by atoms with Gasteiger partial charge in [0, 0.05) is 11.6 Å². The lowest BCUT2D eigenvalue weighted by molar-refractivity contribution is 0.420. The van der Waals surface area contributed by atoms with Crippen molar-refractivity contribution in [3.05, 3.63) is 23.7 Å². The molecule has 0 atom stereocenters. The van der Waals surface area contributed by atoms with E-state index in [-0.39, 0.29) is 0 Å². The van der Waals surface area contributed by atoms with E-state index >= 15 is 0 Å². The van der Waals surface area contributed by atoms with Crippen LogP contribution in [0.5, 0.6) is 5.75 Å². The first-order chi connectivity index (χ1) is 5.42. The first-order valence-corrected chi connectivity index (χ1v) is 4.16. The molecule has 2 rings (SSSR count). The van der Waals surface area contributed by atoms with E-state index in [1.54, 1.807) is 24.6 Å². The summed E-state index contributed by atoms with van der Waals surface area (Å²) in [5, 5.41) is 1.97. The quantitative estimate of drug-likeness (QED) is 0.646. The first kappa shape index (κ1) is 6.61. The Hall–Kier alpha value is -1.09. The minimum Gasteiger partial charge on any atom is -0.494 e. The molecule has 0 aromatic carbocycles. The van der Waals surface area contributed by atoms with E-state index in [1.165, 1.54) is 4.70 Å². The molecule has 11 heavy (non-hydrogen) atoms. The van der Waals surface area contributed by atoms with Gasteiger partial charge in [-0.25, -0.2) is 0 Å². The highest BCUT2D eigenvalue weighted by atomic mass is 32.1. The Labute approximate surface area is 68.5 Å². The number of hydrogen-bond donors (Lipinski definition) is 0. The maximum Gasteiger partial charge on any atom is 0.155 e. The summed E-state index contributed by atoms with van der Waals surface area (Å²) < 4.78 is 6.29. The molecule has 2 aromatic heterocycles. The highest BCUT2D eigenvalue weighted by Gasteiger charge is 2.02. The predicted molar refractivity (Wildman–Crippen MR) is 46.2 cm³/mol. The fraction of sp³-hybridized carbons (Fsp3) is 0.125. The lowest BCUT2D eigenvalue weighted by Crippen LogP contribution is -1.80. The lowest BCUT2D eigenvalue weighted by atomic mass is 10.4. The summed E-state index contributed by atoms with van der Waals surface area (Å²) in [4.78, 5) is 4.20. The SMILES string of the molecule is COc1csc2cccnc12. The Morgan fingerprint density at radius 1 is 1.55 bits per heavy atom. The van der Waals surface area contributed by atoms with Gasteiger partial charge in [-0.1, -0.05) is 0 Å². The monoisotopic (exact) mass is 165 g/mol. The van der Waals surface area contributed by atoms with Crippen LogP contribution in [0.4, 0.5) is 0 Å². The Morgan fingerprint density at radius 2 is 2.45 bits per heavy atom. The number of hydrogen-bond acceptors (Lipinski definition) is 3. The van der Waals surface area contributed by atoms with E-state index in [1.807, 2.05) is 17.5 Å². The van der Waals surface area contributed by atoms with Gasteiger partial charge in [-0.15, -0.1) is 11.3 Å². The molecular weight excluding hydrogens is 158 g/mol. The highest BCUT2D eigenvalue weighted by molar-refractivity contribution is 7.17. The van der Waals surface area contributed by atoms with Crippen molar-refractivity contribution in [1.82, 2.24) is 4.98 Å². The number of nitrogens with zero attached hydrogens (tertiary/aromatic N) is 1. The van der Waals surface area contributed by atoms with Crippen LogP contribution >= 0.6 is 11.3 Å². The third-order valence-electron chi connectivity index (χ3n) is 1.52. The van der Waals surface area contributed by atoms with Crippen molar-refractivity contribution in [3.63, 3.8) is 0 Å². The van der Waals surface area contributed by atoms with Gasteiger partial charge in [-0.2, -0.15) is 0 Å². The average molecular weight is 165 g/mol. The van der Waals surface area contributed by atoms with Gasteiger partial charge < -0.3 is 4.74 Å². The molecule has 0 radical (unpaired) electrons. The summed E-state index contributed by atoms with van der Waals surface area (Å²) in [6, 6.07) is 3.97. The number of thiophene rings is 1. The molecule has 56 valence electrons. The second kappa shape index (κ2) is 2.51. The van der Waals surface area contributed by atoms with Gasteiger partial charge in [0.2, 0.25) is 0 Å². The molecule has 0 saturated heterocycles.